The molecule has 0 spiro atoms. The number of hydrogen-bond donors (Lipinski definition) is 0. The Hall–Kier alpha value is -0.0100. The molecule has 0 saturated carbocycles. The Kier molecular flexibility index (Phi) is 5.61. The Labute approximate surface area is 72.4 Å². The van der Waals surface area contributed by atoms with E-state index in [9.17, 15) is 0 Å². The highest BCUT2D eigenvalue weighted by Crippen LogP contribution is 2.52. The summed E-state index contributed by atoms with van der Waals surface area (Å²) in [6, 6.07) is 0. The molecule has 0 aliphatic heterocycles. The molecule has 0 aromatic rings. The van der Waals surface area contributed by atoms with Crippen LogP contribution < -0.4 is 0 Å². The van der Waals surface area contributed by atoms with Crippen molar-refractivity contribution in [3.05, 3.63) is 25.3 Å². The van der Waals surface area contributed by atoms with Crippen molar-refractivity contribution in [2.75, 3.05) is 13.2 Å². The maximum absolute atomic E-state index is 5.75. The van der Waals surface area contributed by atoms with Gasteiger partial charge in [-0.05, 0) is 17.5 Å². The second kappa shape index (κ2) is 5.62. The van der Waals surface area contributed by atoms with E-state index >= 15 is 0 Å². The molecule has 0 aromatic heterocycles. The van der Waals surface area contributed by atoms with Gasteiger partial charge in [0.2, 0.25) is 6.69 Å². The van der Waals surface area contributed by atoms with E-state index in [0.29, 0.717) is 13.2 Å². The fourth-order valence-corrected chi connectivity index (χ4v) is 1.43. The van der Waals surface area contributed by atoms with E-state index in [1.807, 2.05) is 0 Å². The van der Waals surface area contributed by atoms with Gasteiger partial charge in [-0.2, -0.15) is 0 Å². The predicted molar refractivity (Wildman–Crippen MR) is 52.2 cm³/mol. The highest BCUT2D eigenvalue weighted by atomic mass is 35.7. The third kappa shape index (κ3) is 6.39. The average Bonchev–Trinajstić information content (AvgIpc) is 1.97. The lowest BCUT2D eigenvalue weighted by Gasteiger charge is -2.14. The molecule has 0 amide bonds. The fraction of sp³-hybridized carbons (Fsp3) is 0.286. The number of halogens is 1. The van der Waals surface area contributed by atoms with Gasteiger partial charge >= 0.3 is 0 Å². The SMILES string of the molecule is C=CCOP(=C)(Cl)OCC=C. The van der Waals surface area contributed by atoms with Crippen molar-refractivity contribution in [3.8, 4) is 0 Å². The van der Waals surface area contributed by atoms with Crippen LogP contribution in [0, 0.1) is 0 Å². The van der Waals surface area contributed by atoms with E-state index in [-0.39, 0.29) is 0 Å². The molecule has 0 saturated heterocycles. The van der Waals surface area contributed by atoms with E-state index < -0.39 is 6.69 Å². The van der Waals surface area contributed by atoms with Crippen molar-refractivity contribution in [2.24, 2.45) is 0 Å². The minimum atomic E-state index is -2.40. The molecule has 0 heterocycles. The zero-order valence-electron chi connectivity index (χ0n) is 6.33. The summed E-state index contributed by atoms with van der Waals surface area (Å²) in [5, 5.41) is 0. The summed E-state index contributed by atoms with van der Waals surface area (Å²) in [5.41, 5.74) is 0. The monoisotopic (exact) mass is 194 g/mol. The molecule has 0 bridgehead atoms. The maximum atomic E-state index is 5.75. The van der Waals surface area contributed by atoms with Crippen LogP contribution in [0.2, 0.25) is 0 Å². The molecule has 0 unspecified atom stereocenters. The summed E-state index contributed by atoms with van der Waals surface area (Å²) in [7, 11) is 0. The van der Waals surface area contributed by atoms with Crippen LogP contribution in [0.4, 0.5) is 0 Å². The van der Waals surface area contributed by atoms with Gasteiger partial charge in [0.15, 0.2) is 0 Å². The van der Waals surface area contributed by atoms with Gasteiger partial charge in [-0.3, -0.25) is 0 Å². The lowest BCUT2D eigenvalue weighted by Crippen LogP contribution is -1.90. The van der Waals surface area contributed by atoms with Gasteiger partial charge in [-0.1, -0.05) is 12.2 Å². The topological polar surface area (TPSA) is 18.5 Å². The molecule has 4 heteroatoms. The molecular formula is C7H12ClO2P. The van der Waals surface area contributed by atoms with E-state index in [2.05, 4.69) is 19.5 Å². The lowest BCUT2D eigenvalue weighted by molar-refractivity contribution is 0.300. The first-order chi connectivity index (χ1) is 5.12. The van der Waals surface area contributed by atoms with Gasteiger partial charge < -0.3 is 9.05 Å². The molecule has 0 aliphatic carbocycles. The van der Waals surface area contributed by atoms with Crippen LogP contribution in [-0.4, -0.2) is 19.5 Å². The Morgan fingerprint density at radius 3 is 1.82 bits per heavy atom. The summed E-state index contributed by atoms with van der Waals surface area (Å²) in [6.07, 6.45) is 6.78. The average molecular weight is 195 g/mol. The lowest BCUT2D eigenvalue weighted by atomic mass is 10.7. The van der Waals surface area contributed by atoms with Crippen molar-refractivity contribution < 1.29 is 9.05 Å². The molecule has 64 valence electrons. The molecule has 0 fully saturated rings. The molecule has 0 aromatic carbocycles. The fourth-order valence-electron chi connectivity index (χ4n) is 0.365. The highest BCUT2D eigenvalue weighted by Gasteiger charge is 2.08. The molecule has 2 nitrogen and oxygen atoms in total. The van der Waals surface area contributed by atoms with Crippen LogP contribution in [0.25, 0.3) is 0 Å². The Bertz CT molecular complexity index is 163. The van der Waals surface area contributed by atoms with Gasteiger partial charge in [0.25, 0.3) is 0 Å². The van der Waals surface area contributed by atoms with Crippen LogP contribution in [0.5, 0.6) is 0 Å². The summed E-state index contributed by atoms with van der Waals surface area (Å²) < 4.78 is 10.1. The first-order valence-electron chi connectivity index (χ1n) is 3.06. The second-order valence-corrected chi connectivity index (χ2v) is 5.00. The van der Waals surface area contributed by atoms with Crippen molar-refractivity contribution >= 4 is 24.2 Å². The largest absolute Gasteiger partial charge is 0.322 e. The van der Waals surface area contributed by atoms with Crippen LogP contribution >= 0.6 is 17.9 Å². The molecule has 0 aliphatic rings. The van der Waals surface area contributed by atoms with Crippen molar-refractivity contribution in [1.82, 2.24) is 0 Å². The smallest absolute Gasteiger partial charge is 0.208 e. The van der Waals surface area contributed by atoms with Crippen molar-refractivity contribution in [1.29, 1.82) is 0 Å². The number of hydrogen-bond acceptors (Lipinski definition) is 2. The van der Waals surface area contributed by atoms with Crippen molar-refractivity contribution in [3.63, 3.8) is 0 Å². The van der Waals surface area contributed by atoms with E-state index in [4.69, 9.17) is 20.3 Å². The molecule has 11 heavy (non-hydrogen) atoms. The summed E-state index contributed by atoms with van der Waals surface area (Å²) >= 11 is 5.75. The first-order valence-corrected chi connectivity index (χ1v) is 5.78. The third-order valence-electron chi connectivity index (χ3n) is 0.770. The van der Waals surface area contributed by atoms with Gasteiger partial charge in [-0.25, -0.2) is 0 Å². The van der Waals surface area contributed by atoms with Gasteiger partial charge in [0, 0.05) is 0 Å². The molecule has 0 radical (unpaired) electrons. The highest BCUT2D eigenvalue weighted by molar-refractivity contribution is 7.89. The second-order valence-electron chi connectivity index (χ2n) is 1.76. The molecule has 0 atom stereocenters. The maximum Gasteiger partial charge on any atom is 0.208 e. The minimum absolute atomic E-state index is 0.359. The van der Waals surface area contributed by atoms with Crippen molar-refractivity contribution in [2.45, 2.75) is 0 Å². The first kappa shape index (κ1) is 11.0. The Morgan fingerprint density at radius 2 is 1.55 bits per heavy atom. The minimum Gasteiger partial charge on any atom is -0.322 e. The number of rotatable bonds is 6. The van der Waals surface area contributed by atoms with Crippen LogP contribution in [0.3, 0.4) is 0 Å². The van der Waals surface area contributed by atoms with Gasteiger partial charge in [0.1, 0.15) is 0 Å². The van der Waals surface area contributed by atoms with E-state index in [1.165, 1.54) is 0 Å². The zero-order chi connectivity index (χ0) is 8.74. The van der Waals surface area contributed by atoms with Crippen LogP contribution in [0.15, 0.2) is 25.3 Å². The molecule has 0 N–H and O–H groups in total. The summed E-state index contributed by atoms with van der Waals surface area (Å²) in [6.45, 7) is 5.27. The summed E-state index contributed by atoms with van der Waals surface area (Å²) in [5.74, 6) is 0. The normalized spacial score (nSPS) is 11.0. The predicted octanol–water partition coefficient (Wildman–Crippen LogP) is 2.83. The van der Waals surface area contributed by atoms with E-state index in [1.54, 1.807) is 12.2 Å². The van der Waals surface area contributed by atoms with E-state index in [0.717, 1.165) is 0 Å². The Balaban J connectivity index is 3.69. The zero-order valence-corrected chi connectivity index (χ0v) is 7.98. The quantitative estimate of drug-likeness (QED) is 0.478. The molecular weight excluding hydrogens is 183 g/mol. The van der Waals surface area contributed by atoms with Crippen LogP contribution in [-0.2, 0) is 9.05 Å². The Morgan fingerprint density at radius 1 is 1.18 bits per heavy atom. The third-order valence-corrected chi connectivity index (χ3v) is 2.43. The standard InChI is InChI=1S/C7H12ClO2P/c1-4-6-9-11(3,8)10-7-5-2/h4-5H,1-3,6-7H2. The molecule has 0 rings (SSSR count). The van der Waals surface area contributed by atoms with Crippen LogP contribution in [0.1, 0.15) is 0 Å². The van der Waals surface area contributed by atoms with Gasteiger partial charge in [-0.15, -0.1) is 13.2 Å². The van der Waals surface area contributed by atoms with Gasteiger partial charge in [0.05, 0.1) is 13.2 Å². The summed E-state index contributed by atoms with van der Waals surface area (Å²) in [4.78, 5) is 0.